The molecule has 2 heterocycles. The number of rotatable bonds is 2. The molecule has 0 aromatic carbocycles. The van der Waals surface area contributed by atoms with Crippen molar-refractivity contribution in [3.05, 3.63) is 0 Å². The van der Waals surface area contributed by atoms with Crippen molar-refractivity contribution in [2.24, 2.45) is 0 Å². The average Bonchev–Trinajstić information content (AvgIpc) is 2.93. The summed E-state index contributed by atoms with van der Waals surface area (Å²) in [5.74, 6) is -1.08. The molecule has 2 aliphatic rings. The summed E-state index contributed by atoms with van der Waals surface area (Å²) in [4.78, 5) is 25.9. The first kappa shape index (κ1) is 14.0. The Labute approximate surface area is 110 Å². The van der Waals surface area contributed by atoms with Gasteiger partial charge >= 0.3 is 12.0 Å². The van der Waals surface area contributed by atoms with Crippen molar-refractivity contribution in [3.8, 4) is 0 Å². The number of carboxylic acid groups (broad SMARTS) is 1. The summed E-state index contributed by atoms with van der Waals surface area (Å²) in [6.45, 7) is 0.232. The molecule has 2 aliphatic heterocycles. The average molecular weight is 274 g/mol. The van der Waals surface area contributed by atoms with E-state index in [2.05, 4.69) is 0 Å². The highest BCUT2D eigenvalue weighted by atomic mass is 16.5. The largest absolute Gasteiger partial charge is 0.480 e. The number of ether oxygens (including phenoxy) is 1. The Morgan fingerprint density at radius 3 is 2.21 bits per heavy atom. The van der Waals surface area contributed by atoms with Crippen LogP contribution >= 0.6 is 0 Å². The first-order valence-electron chi connectivity index (χ1n) is 6.11. The minimum Gasteiger partial charge on any atom is -0.480 e. The van der Waals surface area contributed by atoms with Gasteiger partial charge in [0.15, 0.2) is 0 Å². The van der Waals surface area contributed by atoms with Crippen LogP contribution in [0.4, 0.5) is 4.79 Å². The molecule has 108 valence electrons. The van der Waals surface area contributed by atoms with E-state index in [4.69, 9.17) is 9.84 Å². The first-order valence-corrected chi connectivity index (χ1v) is 6.11. The molecule has 0 saturated carbocycles. The molecule has 0 aromatic heterocycles. The molecular weight excluding hydrogens is 256 g/mol. The Morgan fingerprint density at radius 1 is 1.16 bits per heavy atom. The van der Waals surface area contributed by atoms with Crippen LogP contribution in [0.2, 0.25) is 0 Å². The number of carbonyl (C=O) groups excluding carboxylic acids is 1. The van der Waals surface area contributed by atoms with Crippen LogP contribution in [0.5, 0.6) is 0 Å². The number of aliphatic carboxylic acids is 1. The van der Waals surface area contributed by atoms with E-state index in [9.17, 15) is 19.8 Å². The summed E-state index contributed by atoms with van der Waals surface area (Å²) in [7, 11) is 1.47. The molecule has 4 atom stereocenters. The molecule has 8 nitrogen and oxygen atoms in total. The topological polar surface area (TPSA) is 111 Å². The third kappa shape index (κ3) is 2.65. The van der Waals surface area contributed by atoms with E-state index in [1.807, 2.05) is 0 Å². The number of likely N-dealkylation sites (tertiary alicyclic amines) is 2. The van der Waals surface area contributed by atoms with Crippen molar-refractivity contribution < 1.29 is 29.6 Å². The normalized spacial score (nSPS) is 34.9. The van der Waals surface area contributed by atoms with Gasteiger partial charge in [0.1, 0.15) is 6.04 Å². The lowest BCUT2D eigenvalue weighted by Gasteiger charge is -2.27. The fourth-order valence-corrected chi connectivity index (χ4v) is 2.52. The van der Waals surface area contributed by atoms with Gasteiger partial charge < -0.3 is 29.9 Å². The molecule has 19 heavy (non-hydrogen) atoms. The quantitative estimate of drug-likeness (QED) is 0.554. The molecule has 2 fully saturated rings. The minimum absolute atomic E-state index is 0.0144. The molecule has 0 radical (unpaired) electrons. The van der Waals surface area contributed by atoms with Crippen LogP contribution in [-0.2, 0) is 9.53 Å². The number of nitrogens with zero attached hydrogens (tertiary/aromatic N) is 2. The minimum atomic E-state index is -1.08. The zero-order valence-corrected chi connectivity index (χ0v) is 10.6. The van der Waals surface area contributed by atoms with Gasteiger partial charge in [0.25, 0.3) is 0 Å². The Bertz CT molecular complexity index is 366. The third-order valence-electron chi connectivity index (χ3n) is 3.66. The van der Waals surface area contributed by atoms with Crippen LogP contribution in [0, 0.1) is 0 Å². The number of hydrogen-bond acceptors (Lipinski definition) is 5. The van der Waals surface area contributed by atoms with Crippen LogP contribution in [0.3, 0.4) is 0 Å². The van der Waals surface area contributed by atoms with E-state index in [0.717, 1.165) is 0 Å². The Kier molecular flexibility index (Phi) is 3.93. The molecule has 2 saturated heterocycles. The monoisotopic (exact) mass is 274 g/mol. The van der Waals surface area contributed by atoms with Gasteiger partial charge in [0.05, 0.1) is 31.4 Å². The van der Waals surface area contributed by atoms with Crippen molar-refractivity contribution in [2.45, 2.75) is 30.8 Å². The summed E-state index contributed by atoms with van der Waals surface area (Å²) >= 11 is 0. The first-order chi connectivity index (χ1) is 8.93. The van der Waals surface area contributed by atoms with E-state index in [1.54, 1.807) is 0 Å². The van der Waals surface area contributed by atoms with Crippen molar-refractivity contribution in [3.63, 3.8) is 0 Å². The van der Waals surface area contributed by atoms with Gasteiger partial charge in [0, 0.05) is 20.1 Å². The second-order valence-electron chi connectivity index (χ2n) is 4.92. The maximum absolute atomic E-state index is 12.2. The highest BCUT2D eigenvalue weighted by molar-refractivity contribution is 5.83. The van der Waals surface area contributed by atoms with Gasteiger partial charge in [-0.05, 0) is 0 Å². The lowest BCUT2D eigenvalue weighted by molar-refractivity contribution is -0.141. The van der Waals surface area contributed by atoms with E-state index >= 15 is 0 Å². The van der Waals surface area contributed by atoms with E-state index in [1.165, 1.54) is 16.9 Å². The van der Waals surface area contributed by atoms with Crippen molar-refractivity contribution in [2.75, 3.05) is 26.7 Å². The van der Waals surface area contributed by atoms with Crippen LogP contribution < -0.4 is 0 Å². The molecule has 0 aromatic rings. The number of methoxy groups -OCH3 is 1. The second-order valence-corrected chi connectivity index (χ2v) is 4.92. The van der Waals surface area contributed by atoms with Gasteiger partial charge in [-0.2, -0.15) is 0 Å². The smallest absolute Gasteiger partial charge is 0.326 e. The molecule has 2 rings (SSSR count). The molecule has 4 unspecified atom stereocenters. The molecule has 8 heteroatoms. The number of hydrogen-bond donors (Lipinski definition) is 3. The molecule has 3 N–H and O–H groups in total. The maximum atomic E-state index is 12.2. The molecule has 2 amide bonds. The Morgan fingerprint density at radius 2 is 1.74 bits per heavy atom. The van der Waals surface area contributed by atoms with Crippen molar-refractivity contribution >= 4 is 12.0 Å². The molecular formula is C11H18N2O6. The fraction of sp³-hybridized carbons (Fsp3) is 0.818. The fourth-order valence-electron chi connectivity index (χ4n) is 2.52. The lowest BCUT2D eigenvalue weighted by Crippen LogP contribution is -2.47. The standard InChI is InChI=1S/C11H18N2O6/c1-19-6-2-7(10(16)17)13(3-6)11(18)12-4-8(14)9(15)5-12/h6-9,14-15H,2-5H2,1H3,(H,16,17). The predicted molar refractivity (Wildman–Crippen MR) is 62.5 cm³/mol. The van der Waals surface area contributed by atoms with Crippen LogP contribution in [0.1, 0.15) is 6.42 Å². The number of β-amino-alcohol motifs (C(OH)–C–C–N with tert-alkyl or cyclic N) is 2. The van der Waals surface area contributed by atoms with Gasteiger partial charge in [-0.1, -0.05) is 0 Å². The Balaban J connectivity index is 2.07. The zero-order valence-electron chi connectivity index (χ0n) is 10.6. The number of urea groups is 1. The van der Waals surface area contributed by atoms with Crippen molar-refractivity contribution in [1.82, 2.24) is 9.80 Å². The summed E-state index contributed by atoms with van der Waals surface area (Å²) in [6.07, 6.45) is -2.01. The van der Waals surface area contributed by atoms with Gasteiger partial charge in [-0.25, -0.2) is 9.59 Å². The maximum Gasteiger partial charge on any atom is 0.326 e. The number of aliphatic hydroxyl groups is 2. The summed E-state index contributed by atoms with van der Waals surface area (Å²) in [6, 6.07) is -1.41. The number of aliphatic hydroxyl groups excluding tert-OH is 2. The van der Waals surface area contributed by atoms with Gasteiger partial charge in [-0.3, -0.25) is 0 Å². The number of amides is 2. The second kappa shape index (κ2) is 5.32. The summed E-state index contributed by atoms with van der Waals surface area (Å²) in [5.41, 5.74) is 0. The van der Waals surface area contributed by atoms with Crippen LogP contribution in [0.15, 0.2) is 0 Å². The molecule has 0 spiro atoms. The summed E-state index contributed by atoms with van der Waals surface area (Å²) < 4.78 is 5.10. The SMILES string of the molecule is COC1CC(C(=O)O)N(C(=O)N2CC(O)C(O)C2)C1. The highest BCUT2D eigenvalue weighted by Gasteiger charge is 2.43. The number of carbonyl (C=O) groups is 2. The van der Waals surface area contributed by atoms with Gasteiger partial charge in [0.2, 0.25) is 0 Å². The van der Waals surface area contributed by atoms with Gasteiger partial charge in [-0.15, -0.1) is 0 Å². The molecule has 0 aliphatic carbocycles. The van der Waals surface area contributed by atoms with E-state index in [0.29, 0.717) is 0 Å². The highest BCUT2D eigenvalue weighted by Crippen LogP contribution is 2.23. The zero-order chi connectivity index (χ0) is 14.2. The van der Waals surface area contributed by atoms with Crippen LogP contribution in [0.25, 0.3) is 0 Å². The third-order valence-corrected chi connectivity index (χ3v) is 3.66. The lowest BCUT2D eigenvalue weighted by atomic mass is 10.2. The summed E-state index contributed by atoms with van der Waals surface area (Å²) in [5, 5.41) is 28.0. The Hall–Kier alpha value is -1.38. The van der Waals surface area contributed by atoms with Crippen LogP contribution in [-0.4, -0.2) is 88.2 Å². The molecule has 0 bridgehead atoms. The van der Waals surface area contributed by atoms with E-state index < -0.39 is 30.3 Å². The number of carboxylic acids is 1. The van der Waals surface area contributed by atoms with E-state index in [-0.39, 0.29) is 32.2 Å². The van der Waals surface area contributed by atoms with Crippen molar-refractivity contribution in [1.29, 1.82) is 0 Å². The predicted octanol–water partition coefficient (Wildman–Crippen LogP) is -1.68.